The van der Waals surface area contributed by atoms with Gasteiger partial charge < -0.3 is 10.1 Å². The van der Waals surface area contributed by atoms with Crippen LogP contribution in [0, 0.1) is 5.41 Å². The minimum absolute atomic E-state index is 0.106. The summed E-state index contributed by atoms with van der Waals surface area (Å²) < 4.78 is 31.9. The number of hydrogen-bond acceptors (Lipinski definition) is 7. The van der Waals surface area contributed by atoms with E-state index in [4.69, 9.17) is 4.74 Å². The van der Waals surface area contributed by atoms with E-state index >= 15 is 0 Å². The molecule has 1 fully saturated rings. The molecule has 170 valence electrons. The fraction of sp³-hybridized carbons (Fsp3) is 0.542. The number of carbonyl (C=O) groups is 1. The van der Waals surface area contributed by atoms with E-state index in [2.05, 4.69) is 29.4 Å². The molecule has 1 N–H and O–H groups in total. The number of hydrogen-bond donors (Lipinski definition) is 1. The van der Waals surface area contributed by atoms with E-state index in [1.165, 1.54) is 0 Å². The van der Waals surface area contributed by atoms with Crippen LogP contribution in [0.25, 0.3) is 0 Å². The summed E-state index contributed by atoms with van der Waals surface area (Å²) in [6.45, 7) is 6.94. The summed E-state index contributed by atoms with van der Waals surface area (Å²) in [7, 11) is -3.53. The number of nitrogens with one attached hydrogen (secondary N) is 1. The molecule has 0 spiro atoms. The van der Waals surface area contributed by atoms with Gasteiger partial charge in [-0.15, -0.1) is 0 Å². The Balaban J connectivity index is 1.70. The maximum absolute atomic E-state index is 13.6. The highest BCUT2D eigenvalue weighted by atomic mass is 32.2. The molecule has 1 saturated heterocycles. The van der Waals surface area contributed by atoms with E-state index in [-0.39, 0.29) is 28.9 Å². The van der Waals surface area contributed by atoms with Gasteiger partial charge in [-0.25, -0.2) is 8.42 Å². The number of ketones is 1. The summed E-state index contributed by atoms with van der Waals surface area (Å²) in [6, 6.07) is 7.13. The second-order valence-corrected chi connectivity index (χ2v) is 12.2. The average Bonchev–Trinajstić information content (AvgIpc) is 3.44. The highest BCUT2D eigenvalue weighted by Gasteiger charge is 2.53. The Morgan fingerprint density at radius 1 is 1.25 bits per heavy atom. The molecule has 7 nitrogen and oxygen atoms in total. The van der Waals surface area contributed by atoms with Crippen LogP contribution in [-0.4, -0.2) is 38.8 Å². The number of fused-ring (bicyclic) bond motifs is 1. The zero-order valence-corrected chi connectivity index (χ0v) is 19.5. The third-order valence-corrected chi connectivity index (χ3v) is 9.45. The first-order valence-electron chi connectivity index (χ1n) is 11.2. The number of nitrogens with zero attached hydrogens (tertiary/aromatic N) is 2. The van der Waals surface area contributed by atoms with Crippen molar-refractivity contribution < 1.29 is 17.9 Å². The van der Waals surface area contributed by atoms with Crippen LogP contribution >= 0.6 is 0 Å². The van der Waals surface area contributed by atoms with Crippen molar-refractivity contribution in [2.75, 3.05) is 13.2 Å². The predicted octanol–water partition coefficient (Wildman–Crippen LogP) is 3.82. The van der Waals surface area contributed by atoms with Gasteiger partial charge in [-0.2, -0.15) is 10.2 Å². The van der Waals surface area contributed by atoms with Gasteiger partial charge in [-0.05, 0) is 42.4 Å². The topological polar surface area (TPSA) is 97.2 Å². The van der Waals surface area contributed by atoms with Crippen LogP contribution in [0.2, 0.25) is 0 Å². The van der Waals surface area contributed by atoms with E-state index in [1.54, 1.807) is 24.4 Å². The number of allylic oxidation sites excluding steroid dienone is 2. The lowest BCUT2D eigenvalue weighted by Crippen LogP contribution is -2.51. The van der Waals surface area contributed by atoms with Crippen molar-refractivity contribution in [3.05, 3.63) is 52.9 Å². The summed E-state index contributed by atoms with van der Waals surface area (Å²) in [4.78, 5) is 13.8. The van der Waals surface area contributed by atoms with Crippen LogP contribution in [-0.2, 0) is 24.8 Å². The van der Waals surface area contributed by atoms with Crippen molar-refractivity contribution in [1.29, 1.82) is 0 Å². The maximum Gasteiger partial charge on any atom is 0.183 e. The van der Waals surface area contributed by atoms with Gasteiger partial charge in [0.15, 0.2) is 21.8 Å². The molecule has 32 heavy (non-hydrogen) atoms. The molecule has 4 aliphatic rings. The first-order valence-corrected chi connectivity index (χ1v) is 12.8. The SMILES string of the molecule is CCC1(c2cccc(S(=O)(=O)C3CCOC3)c2)C2=CN=NC2NC2=C1C(=O)CC(C)(C)C2. The van der Waals surface area contributed by atoms with Crippen LogP contribution in [0.3, 0.4) is 0 Å². The van der Waals surface area contributed by atoms with Gasteiger partial charge in [-0.3, -0.25) is 4.79 Å². The Morgan fingerprint density at radius 3 is 2.78 bits per heavy atom. The number of benzene rings is 1. The number of carbonyl (C=O) groups excluding carboxylic acids is 1. The van der Waals surface area contributed by atoms with Crippen molar-refractivity contribution in [3.63, 3.8) is 0 Å². The molecule has 5 rings (SSSR count). The van der Waals surface area contributed by atoms with Gasteiger partial charge in [0.25, 0.3) is 0 Å². The van der Waals surface area contributed by atoms with Gasteiger partial charge >= 0.3 is 0 Å². The van der Waals surface area contributed by atoms with Gasteiger partial charge in [0.2, 0.25) is 0 Å². The maximum atomic E-state index is 13.6. The lowest BCUT2D eigenvalue weighted by atomic mass is 9.59. The normalized spacial score (nSPS) is 31.2. The second kappa shape index (κ2) is 7.35. The quantitative estimate of drug-likeness (QED) is 0.744. The number of azo groups is 1. The Morgan fingerprint density at radius 2 is 2.06 bits per heavy atom. The minimum Gasteiger partial charge on any atom is -0.380 e. The van der Waals surface area contributed by atoms with Crippen molar-refractivity contribution in [3.8, 4) is 0 Å². The molecule has 0 amide bonds. The highest BCUT2D eigenvalue weighted by Crippen LogP contribution is 2.53. The number of sulfone groups is 1. The fourth-order valence-electron chi connectivity index (χ4n) is 5.78. The van der Waals surface area contributed by atoms with Crippen LogP contribution in [0.4, 0.5) is 0 Å². The zero-order chi connectivity index (χ0) is 22.7. The molecular formula is C24H29N3O4S. The van der Waals surface area contributed by atoms with Crippen molar-refractivity contribution in [1.82, 2.24) is 5.32 Å². The molecule has 3 unspecified atom stereocenters. The number of rotatable bonds is 4. The molecule has 8 heteroatoms. The smallest absolute Gasteiger partial charge is 0.183 e. The number of ether oxygens (including phenoxy) is 1. The molecule has 1 aromatic rings. The van der Waals surface area contributed by atoms with E-state index < -0.39 is 20.5 Å². The van der Waals surface area contributed by atoms with Crippen LogP contribution in [0.5, 0.6) is 0 Å². The molecule has 1 aromatic carbocycles. The van der Waals surface area contributed by atoms with Crippen LogP contribution in [0.1, 0.15) is 52.0 Å². The Bertz CT molecular complexity index is 1180. The largest absolute Gasteiger partial charge is 0.380 e. The molecule has 1 aliphatic carbocycles. The molecule has 0 radical (unpaired) electrons. The molecule has 0 saturated carbocycles. The number of Topliss-reactive ketones (excluding diaryl/α,β-unsaturated/α-hetero) is 1. The van der Waals surface area contributed by atoms with Crippen molar-refractivity contribution in [2.24, 2.45) is 15.6 Å². The van der Waals surface area contributed by atoms with Crippen LogP contribution in [0.15, 0.2) is 62.4 Å². The lowest BCUT2D eigenvalue weighted by molar-refractivity contribution is -0.119. The summed E-state index contributed by atoms with van der Waals surface area (Å²) in [5.74, 6) is 0.106. The fourth-order valence-corrected chi connectivity index (χ4v) is 7.41. The predicted molar refractivity (Wildman–Crippen MR) is 120 cm³/mol. The highest BCUT2D eigenvalue weighted by molar-refractivity contribution is 7.92. The summed E-state index contributed by atoms with van der Waals surface area (Å²) in [5.41, 5.74) is 2.48. The van der Waals surface area contributed by atoms with Crippen molar-refractivity contribution in [2.45, 2.75) is 68.2 Å². The van der Waals surface area contributed by atoms with E-state index in [0.717, 1.165) is 28.8 Å². The molecule has 0 aromatic heterocycles. The van der Waals surface area contributed by atoms with Gasteiger partial charge in [-0.1, -0.05) is 32.9 Å². The standard InChI is InChI=1S/C24H29N3O4S/c1-4-24(15-6-5-7-16(10-15)32(29,30)17-8-9-31-14-17)18-13-25-27-22(18)26-19-11-23(2,3)12-20(28)21(19)24/h5-7,10,13,17,22,26H,4,8-9,11-12,14H2,1-3H3. The first-order chi connectivity index (χ1) is 15.2. The minimum atomic E-state index is -3.53. The molecule has 0 bridgehead atoms. The summed E-state index contributed by atoms with van der Waals surface area (Å²) in [6.07, 6.45) is 3.72. The Kier molecular flexibility index (Phi) is 4.94. The van der Waals surface area contributed by atoms with Gasteiger partial charge in [0.05, 0.1) is 28.4 Å². The molecule has 3 aliphatic heterocycles. The monoisotopic (exact) mass is 455 g/mol. The van der Waals surface area contributed by atoms with E-state index in [1.807, 2.05) is 13.0 Å². The van der Waals surface area contributed by atoms with Crippen molar-refractivity contribution >= 4 is 15.6 Å². The molecular weight excluding hydrogens is 426 g/mol. The van der Waals surface area contributed by atoms with Gasteiger partial charge in [0.1, 0.15) is 0 Å². The third-order valence-electron chi connectivity index (χ3n) is 7.29. The molecule has 3 atom stereocenters. The second-order valence-electron chi connectivity index (χ2n) is 9.97. The summed E-state index contributed by atoms with van der Waals surface area (Å²) in [5, 5.41) is 11.5. The molecule has 3 heterocycles. The average molecular weight is 456 g/mol. The van der Waals surface area contributed by atoms with Gasteiger partial charge in [0, 0.05) is 29.9 Å². The third kappa shape index (κ3) is 3.10. The Hall–Kier alpha value is -2.32. The lowest BCUT2D eigenvalue weighted by Gasteiger charge is -2.47. The summed E-state index contributed by atoms with van der Waals surface area (Å²) >= 11 is 0. The first kappa shape index (κ1) is 21.5. The zero-order valence-electron chi connectivity index (χ0n) is 18.7. The van der Waals surface area contributed by atoms with Crippen LogP contribution < -0.4 is 5.32 Å². The van der Waals surface area contributed by atoms with E-state index in [0.29, 0.717) is 25.9 Å². The van der Waals surface area contributed by atoms with E-state index in [9.17, 15) is 13.2 Å². The Labute approximate surface area is 188 Å².